The Labute approximate surface area is 136 Å². The van der Waals surface area contributed by atoms with E-state index in [1.54, 1.807) is 0 Å². The fourth-order valence-corrected chi connectivity index (χ4v) is 4.10. The van der Waals surface area contributed by atoms with Gasteiger partial charge in [0.2, 0.25) is 5.91 Å². The third kappa shape index (κ3) is 5.54. The lowest BCUT2D eigenvalue weighted by Crippen LogP contribution is -2.43. The highest BCUT2D eigenvalue weighted by Crippen LogP contribution is 2.24. The summed E-state index contributed by atoms with van der Waals surface area (Å²) in [6.45, 7) is 9.80. The standard InChI is InChI=1S/C18H35N3O/c1-3-17-6-4-5-12-21(17)13-11-20-18(22)14-15(2)16-7-9-19-10-8-16/h15-17,19H,3-14H2,1-2H3,(H,20,22). The van der Waals surface area contributed by atoms with Crippen LogP contribution in [0.15, 0.2) is 0 Å². The minimum atomic E-state index is 0.246. The quantitative estimate of drug-likeness (QED) is 0.759. The molecule has 22 heavy (non-hydrogen) atoms. The van der Waals surface area contributed by atoms with E-state index >= 15 is 0 Å². The smallest absolute Gasteiger partial charge is 0.220 e. The van der Waals surface area contributed by atoms with E-state index in [-0.39, 0.29) is 5.91 Å². The summed E-state index contributed by atoms with van der Waals surface area (Å²) in [5.41, 5.74) is 0. The van der Waals surface area contributed by atoms with Gasteiger partial charge in [-0.1, -0.05) is 20.3 Å². The maximum absolute atomic E-state index is 12.1. The molecular weight excluding hydrogens is 274 g/mol. The SMILES string of the molecule is CCC1CCCCN1CCNC(=O)CC(C)C1CCNCC1. The molecule has 2 atom stereocenters. The van der Waals surface area contributed by atoms with Crippen molar-refractivity contribution >= 4 is 5.91 Å². The van der Waals surface area contributed by atoms with Crippen molar-refractivity contribution in [2.75, 3.05) is 32.7 Å². The topological polar surface area (TPSA) is 44.4 Å². The molecular formula is C18H35N3O. The molecule has 0 aromatic carbocycles. The number of hydrogen-bond donors (Lipinski definition) is 2. The van der Waals surface area contributed by atoms with Crippen molar-refractivity contribution < 1.29 is 4.79 Å². The van der Waals surface area contributed by atoms with Crippen LogP contribution in [0, 0.1) is 11.8 Å². The molecule has 2 aliphatic rings. The number of carbonyl (C=O) groups is 1. The first kappa shape index (κ1) is 17.7. The maximum Gasteiger partial charge on any atom is 0.220 e. The number of hydrogen-bond acceptors (Lipinski definition) is 3. The molecule has 2 rings (SSSR count). The van der Waals surface area contributed by atoms with Gasteiger partial charge < -0.3 is 10.6 Å². The van der Waals surface area contributed by atoms with E-state index < -0.39 is 0 Å². The summed E-state index contributed by atoms with van der Waals surface area (Å²) < 4.78 is 0. The third-order valence-corrected chi connectivity index (χ3v) is 5.64. The van der Waals surface area contributed by atoms with Crippen LogP contribution >= 0.6 is 0 Å². The molecule has 2 fully saturated rings. The predicted octanol–water partition coefficient (Wildman–Crippen LogP) is 2.39. The number of likely N-dealkylation sites (tertiary alicyclic amines) is 1. The van der Waals surface area contributed by atoms with Crippen molar-refractivity contribution in [3.05, 3.63) is 0 Å². The molecule has 2 saturated heterocycles. The van der Waals surface area contributed by atoms with Gasteiger partial charge in [-0.05, 0) is 63.6 Å². The summed E-state index contributed by atoms with van der Waals surface area (Å²) in [6, 6.07) is 0.735. The molecule has 4 nitrogen and oxygen atoms in total. The van der Waals surface area contributed by atoms with Gasteiger partial charge in [-0.3, -0.25) is 9.69 Å². The number of nitrogens with one attached hydrogen (secondary N) is 2. The highest BCUT2D eigenvalue weighted by molar-refractivity contribution is 5.76. The molecule has 0 aliphatic carbocycles. The van der Waals surface area contributed by atoms with Gasteiger partial charge in [-0.15, -0.1) is 0 Å². The summed E-state index contributed by atoms with van der Waals surface area (Å²) in [7, 11) is 0. The molecule has 2 N–H and O–H groups in total. The van der Waals surface area contributed by atoms with Crippen LogP contribution in [-0.2, 0) is 4.79 Å². The number of piperidine rings is 2. The number of amides is 1. The van der Waals surface area contributed by atoms with Gasteiger partial charge in [0.25, 0.3) is 0 Å². The first-order valence-electron chi connectivity index (χ1n) is 9.42. The predicted molar refractivity (Wildman–Crippen MR) is 91.9 cm³/mol. The van der Waals surface area contributed by atoms with Crippen molar-refractivity contribution in [3.63, 3.8) is 0 Å². The highest BCUT2D eigenvalue weighted by Gasteiger charge is 2.23. The zero-order valence-corrected chi connectivity index (χ0v) is 14.6. The van der Waals surface area contributed by atoms with Crippen LogP contribution in [0.5, 0.6) is 0 Å². The maximum atomic E-state index is 12.1. The van der Waals surface area contributed by atoms with Gasteiger partial charge >= 0.3 is 0 Å². The minimum Gasteiger partial charge on any atom is -0.355 e. The molecule has 0 saturated carbocycles. The van der Waals surface area contributed by atoms with Crippen molar-refractivity contribution in [3.8, 4) is 0 Å². The Morgan fingerprint density at radius 1 is 1.27 bits per heavy atom. The fraction of sp³-hybridized carbons (Fsp3) is 0.944. The van der Waals surface area contributed by atoms with E-state index in [1.807, 2.05) is 0 Å². The van der Waals surface area contributed by atoms with E-state index in [1.165, 1.54) is 45.1 Å². The average Bonchev–Trinajstić information content (AvgIpc) is 2.56. The zero-order valence-electron chi connectivity index (χ0n) is 14.6. The molecule has 0 bridgehead atoms. The Kier molecular flexibility index (Phi) is 7.67. The van der Waals surface area contributed by atoms with Crippen molar-refractivity contribution in [2.24, 2.45) is 11.8 Å². The normalized spacial score (nSPS) is 25.8. The highest BCUT2D eigenvalue weighted by atomic mass is 16.1. The Morgan fingerprint density at radius 3 is 2.77 bits per heavy atom. The Morgan fingerprint density at radius 2 is 2.05 bits per heavy atom. The van der Waals surface area contributed by atoms with Gasteiger partial charge in [0.05, 0.1) is 0 Å². The summed E-state index contributed by atoms with van der Waals surface area (Å²) >= 11 is 0. The van der Waals surface area contributed by atoms with Crippen LogP contribution < -0.4 is 10.6 Å². The fourth-order valence-electron chi connectivity index (χ4n) is 4.10. The van der Waals surface area contributed by atoms with Crippen LogP contribution in [0.3, 0.4) is 0 Å². The first-order chi connectivity index (χ1) is 10.7. The Bertz CT molecular complexity index is 328. The molecule has 1 amide bonds. The second-order valence-electron chi connectivity index (χ2n) is 7.21. The molecule has 2 unspecified atom stereocenters. The molecule has 0 spiro atoms. The lowest BCUT2D eigenvalue weighted by molar-refractivity contribution is -0.122. The number of carbonyl (C=O) groups excluding carboxylic acids is 1. The summed E-state index contributed by atoms with van der Waals surface area (Å²) in [6.07, 6.45) is 8.40. The summed E-state index contributed by atoms with van der Waals surface area (Å²) in [4.78, 5) is 14.7. The molecule has 2 aliphatic heterocycles. The lowest BCUT2D eigenvalue weighted by atomic mass is 9.84. The number of nitrogens with zero attached hydrogens (tertiary/aromatic N) is 1. The molecule has 0 aromatic heterocycles. The molecule has 0 aromatic rings. The van der Waals surface area contributed by atoms with Crippen molar-refractivity contribution in [1.82, 2.24) is 15.5 Å². The molecule has 0 radical (unpaired) electrons. The summed E-state index contributed by atoms with van der Waals surface area (Å²) in [5.74, 6) is 1.48. The van der Waals surface area contributed by atoms with Gasteiger partial charge in [-0.2, -0.15) is 0 Å². The Hall–Kier alpha value is -0.610. The van der Waals surface area contributed by atoms with Gasteiger partial charge in [0.1, 0.15) is 0 Å². The van der Waals surface area contributed by atoms with Gasteiger partial charge in [-0.25, -0.2) is 0 Å². The second-order valence-corrected chi connectivity index (χ2v) is 7.21. The van der Waals surface area contributed by atoms with E-state index in [4.69, 9.17) is 0 Å². The number of rotatable bonds is 7. The van der Waals surface area contributed by atoms with E-state index in [0.717, 1.165) is 38.1 Å². The average molecular weight is 309 g/mol. The first-order valence-corrected chi connectivity index (χ1v) is 9.42. The van der Waals surface area contributed by atoms with E-state index in [0.29, 0.717) is 12.3 Å². The second kappa shape index (κ2) is 9.51. The summed E-state index contributed by atoms with van der Waals surface area (Å²) in [5, 5.41) is 6.55. The monoisotopic (exact) mass is 309 g/mol. The zero-order chi connectivity index (χ0) is 15.8. The van der Waals surface area contributed by atoms with Gasteiger partial charge in [0.15, 0.2) is 0 Å². The van der Waals surface area contributed by atoms with Crippen LogP contribution in [0.4, 0.5) is 0 Å². The van der Waals surface area contributed by atoms with Crippen LogP contribution in [0.25, 0.3) is 0 Å². The molecule has 4 heteroatoms. The van der Waals surface area contributed by atoms with Crippen LogP contribution in [-0.4, -0.2) is 49.6 Å². The lowest BCUT2D eigenvalue weighted by Gasteiger charge is -2.35. The van der Waals surface area contributed by atoms with Gasteiger partial charge in [0, 0.05) is 25.6 Å². The largest absolute Gasteiger partial charge is 0.355 e. The van der Waals surface area contributed by atoms with Crippen molar-refractivity contribution in [2.45, 2.75) is 64.8 Å². The van der Waals surface area contributed by atoms with Crippen LogP contribution in [0.2, 0.25) is 0 Å². The minimum absolute atomic E-state index is 0.246. The van der Waals surface area contributed by atoms with E-state index in [9.17, 15) is 4.79 Å². The van der Waals surface area contributed by atoms with Crippen LogP contribution in [0.1, 0.15) is 58.8 Å². The molecule has 128 valence electrons. The Balaban J connectivity index is 1.62. The molecule has 2 heterocycles. The third-order valence-electron chi connectivity index (χ3n) is 5.64. The van der Waals surface area contributed by atoms with Crippen molar-refractivity contribution in [1.29, 1.82) is 0 Å². The van der Waals surface area contributed by atoms with E-state index in [2.05, 4.69) is 29.4 Å².